The van der Waals surface area contributed by atoms with Crippen molar-refractivity contribution in [3.05, 3.63) is 176 Å². The topological polar surface area (TPSA) is 9.86 Å². The van der Waals surface area contributed by atoms with Gasteiger partial charge in [0.05, 0.1) is 16.7 Å². The van der Waals surface area contributed by atoms with Crippen LogP contribution in [0, 0.1) is 0 Å². The molecule has 0 aliphatic carbocycles. The first-order valence-corrected chi connectivity index (χ1v) is 22.2. The highest BCUT2D eigenvalue weighted by molar-refractivity contribution is 6.69. The maximum atomic E-state index is 2.58. The molecule has 0 saturated heterocycles. The molecule has 0 saturated carbocycles. The summed E-state index contributed by atoms with van der Waals surface area (Å²) in [6.07, 6.45) is 0. The van der Waals surface area contributed by atoms with E-state index in [-0.39, 0.29) is 0 Å². The molecular formula is C54H43B7N2. The van der Waals surface area contributed by atoms with Crippen LogP contribution in [0.15, 0.2) is 176 Å². The van der Waals surface area contributed by atoms with Gasteiger partial charge < -0.3 is 9.13 Å². The molecule has 11 rings (SSSR count). The molecule has 9 aromatic carbocycles. The standard InChI is InChI=1S/C54H43B7N2/c55-45-42(46(56)50(60)53-43(45)44-47(57)48(58)49(59)51(61)54(44)62(53)35-21-12-20-33(28-35)30-14-4-1-5-15-30)34-26-27-41-39(29-34)38-24-13-23-37(32-18-8-3-9-19-32)52(38)63(41)40-25-11-10-22-36(40)31-16-6-2-7-17-31/h1-29H,55-61H2. The van der Waals surface area contributed by atoms with Gasteiger partial charge in [-0.05, 0) is 69.1 Å². The predicted molar refractivity (Wildman–Crippen MR) is 294 cm³/mol. The number of para-hydroxylation sites is 2. The molecule has 0 atom stereocenters. The SMILES string of the molecule is Bc1c(B)c(B)c2c(c1B)c1c(B)c(-c3ccc4c(c3)c3cccc(-c5ccccc5)c3n4-c3ccccc3-c3ccccc3)c(B)c(B)c1n2-c1cccc(-c2ccccc2)c1. The lowest BCUT2D eigenvalue weighted by Crippen LogP contribution is -2.48. The van der Waals surface area contributed by atoms with Crippen molar-refractivity contribution >= 4 is 137 Å². The molecule has 2 nitrogen and oxygen atoms in total. The Morgan fingerprint density at radius 1 is 0.302 bits per heavy atom. The lowest BCUT2D eigenvalue weighted by Gasteiger charge is -2.19. The van der Waals surface area contributed by atoms with Crippen molar-refractivity contribution in [1.82, 2.24) is 9.13 Å². The molecule has 9 heteroatoms. The van der Waals surface area contributed by atoms with E-state index in [0.717, 1.165) is 0 Å². The minimum Gasteiger partial charge on any atom is -0.310 e. The van der Waals surface area contributed by atoms with Gasteiger partial charge >= 0.3 is 0 Å². The van der Waals surface area contributed by atoms with Gasteiger partial charge in [0, 0.05) is 44.0 Å². The molecule has 2 heterocycles. The highest BCUT2D eigenvalue weighted by Crippen LogP contribution is 2.42. The molecule has 0 amide bonds. The molecule has 2 aromatic heterocycles. The van der Waals surface area contributed by atoms with Gasteiger partial charge in [-0.15, -0.1) is 5.46 Å². The minimum absolute atomic E-state index is 1.17. The molecule has 11 aromatic rings. The van der Waals surface area contributed by atoms with Crippen LogP contribution in [-0.2, 0) is 0 Å². The van der Waals surface area contributed by atoms with Crippen LogP contribution in [0.2, 0.25) is 0 Å². The van der Waals surface area contributed by atoms with Gasteiger partial charge in [-0.2, -0.15) is 0 Å². The van der Waals surface area contributed by atoms with Gasteiger partial charge in [0.15, 0.2) is 0 Å². The highest BCUT2D eigenvalue weighted by atomic mass is 15.0. The van der Waals surface area contributed by atoms with Crippen molar-refractivity contribution in [2.75, 3.05) is 0 Å². The van der Waals surface area contributed by atoms with E-state index in [1.54, 1.807) is 0 Å². The van der Waals surface area contributed by atoms with Gasteiger partial charge in [-0.25, -0.2) is 0 Å². The Morgan fingerprint density at radius 2 is 0.841 bits per heavy atom. The van der Waals surface area contributed by atoms with E-state index >= 15 is 0 Å². The number of fused-ring (bicyclic) bond motifs is 6. The number of hydrogen-bond acceptors (Lipinski definition) is 0. The molecule has 0 bridgehead atoms. The first-order chi connectivity index (χ1) is 30.7. The summed E-state index contributed by atoms with van der Waals surface area (Å²) < 4.78 is 5.10. The number of benzene rings is 9. The van der Waals surface area contributed by atoms with Crippen LogP contribution in [0.4, 0.5) is 0 Å². The van der Waals surface area contributed by atoms with Crippen LogP contribution < -0.4 is 38.2 Å². The predicted octanol–water partition coefficient (Wildman–Crippen LogP) is 2.36. The van der Waals surface area contributed by atoms with Crippen LogP contribution >= 0.6 is 0 Å². The van der Waals surface area contributed by atoms with Crippen LogP contribution in [0.3, 0.4) is 0 Å². The second-order valence-corrected chi connectivity index (χ2v) is 17.5. The maximum Gasteiger partial charge on any atom is 0.141 e. The van der Waals surface area contributed by atoms with Crippen molar-refractivity contribution in [1.29, 1.82) is 0 Å². The smallest absolute Gasteiger partial charge is 0.141 e. The van der Waals surface area contributed by atoms with Crippen LogP contribution in [0.25, 0.3) is 99.5 Å². The Balaban J connectivity index is 1.22. The number of hydrogen-bond donors (Lipinski definition) is 0. The highest BCUT2D eigenvalue weighted by Gasteiger charge is 2.26. The summed E-state index contributed by atoms with van der Waals surface area (Å²) in [6, 6.07) is 64.4. The Labute approximate surface area is 375 Å². The average molecular weight is 796 g/mol. The third-order valence-electron chi connectivity index (χ3n) is 14.2. The van der Waals surface area contributed by atoms with E-state index in [0.29, 0.717) is 0 Å². The van der Waals surface area contributed by atoms with Gasteiger partial charge in [0.1, 0.15) is 54.9 Å². The Kier molecular flexibility index (Phi) is 9.35. The quantitative estimate of drug-likeness (QED) is 0.229. The normalized spacial score (nSPS) is 11.6. The molecule has 0 N–H and O–H groups in total. The molecule has 63 heavy (non-hydrogen) atoms. The first kappa shape index (κ1) is 38.9. The first-order valence-electron chi connectivity index (χ1n) is 22.2. The third kappa shape index (κ3) is 5.97. The summed E-state index contributed by atoms with van der Waals surface area (Å²) in [4.78, 5) is 0. The fourth-order valence-electron chi connectivity index (χ4n) is 10.7. The van der Waals surface area contributed by atoms with Crippen molar-refractivity contribution in [3.63, 3.8) is 0 Å². The van der Waals surface area contributed by atoms with Crippen molar-refractivity contribution < 1.29 is 0 Å². The van der Waals surface area contributed by atoms with Gasteiger partial charge in [0.25, 0.3) is 0 Å². The van der Waals surface area contributed by atoms with Crippen LogP contribution in [-0.4, -0.2) is 64.1 Å². The van der Waals surface area contributed by atoms with E-state index < -0.39 is 0 Å². The monoisotopic (exact) mass is 796 g/mol. The average Bonchev–Trinajstić information content (AvgIpc) is 3.87. The molecule has 0 aliphatic heterocycles. The summed E-state index contributed by atoms with van der Waals surface area (Å²) in [6.45, 7) is 0. The lowest BCUT2D eigenvalue weighted by molar-refractivity contribution is 1.18. The maximum absolute atomic E-state index is 2.58. The largest absolute Gasteiger partial charge is 0.310 e. The Bertz CT molecular complexity index is 3630. The Hall–Kier alpha value is -6.97. The van der Waals surface area contributed by atoms with Gasteiger partial charge in [-0.1, -0.05) is 178 Å². The number of aromatic nitrogens is 2. The lowest BCUT2D eigenvalue weighted by atomic mass is 9.64. The molecule has 0 fully saturated rings. The summed E-state index contributed by atoms with van der Waals surface area (Å²) in [5.74, 6) is 0. The zero-order valence-electron chi connectivity index (χ0n) is 37.1. The summed E-state index contributed by atoms with van der Waals surface area (Å²) >= 11 is 0. The molecule has 290 valence electrons. The van der Waals surface area contributed by atoms with E-state index in [9.17, 15) is 0 Å². The second kappa shape index (κ2) is 15.1. The molecule has 0 aliphatic rings. The van der Waals surface area contributed by atoms with Crippen LogP contribution in [0.1, 0.15) is 0 Å². The minimum atomic E-state index is 1.17. The van der Waals surface area contributed by atoms with E-state index in [4.69, 9.17) is 0 Å². The number of nitrogens with zero attached hydrogens (tertiary/aromatic N) is 2. The Morgan fingerprint density at radius 3 is 1.54 bits per heavy atom. The van der Waals surface area contributed by atoms with Gasteiger partial charge in [-0.3, -0.25) is 0 Å². The second-order valence-electron chi connectivity index (χ2n) is 17.5. The van der Waals surface area contributed by atoms with E-state index in [2.05, 4.69) is 240 Å². The van der Waals surface area contributed by atoms with Crippen LogP contribution in [0.5, 0.6) is 0 Å². The van der Waals surface area contributed by atoms with Gasteiger partial charge in [0.2, 0.25) is 0 Å². The van der Waals surface area contributed by atoms with E-state index in [1.165, 1.54) is 138 Å². The summed E-state index contributed by atoms with van der Waals surface area (Å²) in [5, 5.41) is 5.21. The van der Waals surface area contributed by atoms with Crippen molar-refractivity contribution in [2.45, 2.75) is 0 Å². The fourth-order valence-corrected chi connectivity index (χ4v) is 10.7. The van der Waals surface area contributed by atoms with E-state index in [1.807, 2.05) is 0 Å². The zero-order valence-corrected chi connectivity index (χ0v) is 37.1. The third-order valence-corrected chi connectivity index (χ3v) is 14.2. The number of rotatable bonds is 6. The summed E-state index contributed by atoms with van der Waals surface area (Å²) in [7, 11) is 16.3. The van der Waals surface area contributed by atoms with Crippen molar-refractivity contribution in [3.8, 4) is 55.9 Å². The van der Waals surface area contributed by atoms with Crippen molar-refractivity contribution in [2.24, 2.45) is 0 Å². The molecule has 0 radical (unpaired) electrons. The molecular weight excluding hydrogens is 752 g/mol. The fraction of sp³-hybridized carbons (Fsp3) is 0. The summed E-state index contributed by atoms with van der Waals surface area (Å²) in [5.41, 5.74) is 26.6. The zero-order chi connectivity index (χ0) is 43.1. The molecule has 0 unspecified atom stereocenters. The molecule has 0 spiro atoms.